The lowest BCUT2D eigenvalue weighted by molar-refractivity contribution is -0.127. The molecule has 178 valence electrons. The number of aromatic nitrogens is 4. The number of hydrogen-bond donors (Lipinski definition) is 1. The number of ketones is 2. The highest BCUT2D eigenvalue weighted by atomic mass is 32.2. The van der Waals surface area contributed by atoms with E-state index in [-0.39, 0.29) is 41.5 Å². The first-order valence-electron chi connectivity index (χ1n) is 11.2. The van der Waals surface area contributed by atoms with E-state index in [0.717, 1.165) is 0 Å². The summed E-state index contributed by atoms with van der Waals surface area (Å²) in [4.78, 5) is 41.0. The minimum absolute atomic E-state index is 0.00471. The summed E-state index contributed by atoms with van der Waals surface area (Å²) in [5.41, 5.74) is 2.56. The van der Waals surface area contributed by atoms with Crippen molar-refractivity contribution in [2.75, 3.05) is 5.75 Å². The van der Waals surface area contributed by atoms with Crippen LogP contribution in [0.1, 0.15) is 25.3 Å². The van der Waals surface area contributed by atoms with Crippen molar-refractivity contribution in [3.63, 3.8) is 0 Å². The average molecular weight is 491 g/mol. The molecule has 1 saturated carbocycles. The highest BCUT2D eigenvalue weighted by molar-refractivity contribution is 7.91. The number of nitrogens with zero attached hydrogens (tertiary/aromatic N) is 3. The van der Waals surface area contributed by atoms with Gasteiger partial charge in [0, 0.05) is 31.3 Å². The van der Waals surface area contributed by atoms with E-state index in [1.165, 1.54) is 12.1 Å². The van der Waals surface area contributed by atoms with Crippen molar-refractivity contribution < 1.29 is 22.7 Å². The quantitative estimate of drug-likeness (QED) is 0.388. The number of imidazole rings is 1. The van der Waals surface area contributed by atoms with Gasteiger partial charge in [0.1, 0.15) is 28.8 Å². The van der Waals surface area contributed by atoms with Crippen LogP contribution in [0.5, 0.6) is 11.5 Å². The van der Waals surface area contributed by atoms with Crippen LogP contribution in [-0.4, -0.2) is 45.7 Å². The van der Waals surface area contributed by atoms with Gasteiger partial charge in [-0.05, 0) is 42.3 Å². The van der Waals surface area contributed by atoms with Crippen molar-refractivity contribution in [1.82, 2.24) is 19.9 Å². The van der Waals surface area contributed by atoms with Crippen LogP contribution in [0.3, 0.4) is 0 Å². The van der Waals surface area contributed by atoms with Gasteiger partial charge < -0.3 is 9.72 Å². The number of carbonyl (C=O) groups excluding carboxylic acids is 2. The number of benzene rings is 2. The second-order valence-corrected chi connectivity index (χ2v) is 10.6. The second kappa shape index (κ2) is 9.03. The molecule has 0 spiro atoms. The van der Waals surface area contributed by atoms with Crippen molar-refractivity contribution in [1.29, 1.82) is 0 Å². The molecule has 10 heteroatoms. The molecule has 0 bridgehead atoms. The molecule has 35 heavy (non-hydrogen) atoms. The van der Waals surface area contributed by atoms with Crippen molar-refractivity contribution in [2.45, 2.75) is 31.1 Å². The fraction of sp³-hybridized carbons (Fsp3) is 0.240. The first-order valence-corrected chi connectivity index (χ1v) is 12.8. The van der Waals surface area contributed by atoms with E-state index in [1.54, 1.807) is 43.7 Å². The standard InChI is InChI=1S/C25H22N4O5S/c1-2-35(32,33)17-5-3-16(4-6-17)34-24-13-20-19(28-25(29-20)21-14-26-9-10-27-21)12-15(24)11-18-22(30)7-8-23(18)31/h3-6,9-10,12-14,18H,2,7-8,11H2,1H3,(H,28,29). The van der Waals surface area contributed by atoms with Gasteiger partial charge in [-0.15, -0.1) is 0 Å². The Hall–Kier alpha value is -3.92. The predicted molar refractivity (Wildman–Crippen MR) is 128 cm³/mol. The largest absolute Gasteiger partial charge is 0.457 e. The molecule has 0 atom stereocenters. The van der Waals surface area contributed by atoms with Gasteiger partial charge in [-0.2, -0.15) is 0 Å². The number of H-pyrrole nitrogens is 1. The number of fused-ring (bicyclic) bond motifs is 1. The Morgan fingerprint density at radius 2 is 1.80 bits per heavy atom. The molecular weight excluding hydrogens is 468 g/mol. The Balaban J connectivity index is 1.54. The van der Waals surface area contributed by atoms with Gasteiger partial charge in [-0.25, -0.2) is 18.4 Å². The van der Waals surface area contributed by atoms with Gasteiger partial charge in [-0.3, -0.25) is 14.6 Å². The summed E-state index contributed by atoms with van der Waals surface area (Å²) in [6.45, 7) is 1.59. The average Bonchev–Trinajstić information content (AvgIpc) is 3.43. The fourth-order valence-corrected chi connectivity index (χ4v) is 4.99. The van der Waals surface area contributed by atoms with E-state index in [2.05, 4.69) is 19.9 Å². The summed E-state index contributed by atoms with van der Waals surface area (Å²) in [7, 11) is -3.33. The second-order valence-electron chi connectivity index (χ2n) is 8.32. The number of Topliss-reactive ketones (excluding diaryl/α,β-unsaturated/α-hetero) is 2. The van der Waals surface area contributed by atoms with Crippen LogP contribution in [0.15, 0.2) is 59.9 Å². The minimum Gasteiger partial charge on any atom is -0.457 e. The van der Waals surface area contributed by atoms with Crippen LogP contribution in [0.25, 0.3) is 22.6 Å². The maximum absolute atomic E-state index is 12.3. The number of carbonyl (C=O) groups is 2. The third-order valence-corrected chi connectivity index (χ3v) is 7.83. The van der Waals surface area contributed by atoms with Gasteiger partial charge in [0.2, 0.25) is 0 Å². The van der Waals surface area contributed by atoms with Crippen LogP contribution in [0.4, 0.5) is 0 Å². The van der Waals surface area contributed by atoms with E-state index in [4.69, 9.17) is 4.74 Å². The topological polar surface area (TPSA) is 132 Å². The molecule has 1 fully saturated rings. The lowest BCUT2D eigenvalue weighted by atomic mass is 9.95. The zero-order valence-corrected chi connectivity index (χ0v) is 19.7. The molecule has 0 saturated heterocycles. The maximum atomic E-state index is 12.3. The Morgan fingerprint density at radius 1 is 1.06 bits per heavy atom. The number of sulfone groups is 1. The normalized spacial score (nSPS) is 14.7. The first kappa shape index (κ1) is 22.9. The van der Waals surface area contributed by atoms with E-state index in [1.807, 2.05) is 6.07 Å². The molecule has 0 unspecified atom stereocenters. The molecule has 1 aliphatic rings. The monoisotopic (exact) mass is 490 g/mol. The van der Waals surface area contributed by atoms with E-state index < -0.39 is 15.8 Å². The predicted octanol–water partition coefficient (Wildman–Crippen LogP) is 3.70. The minimum atomic E-state index is -3.33. The van der Waals surface area contributed by atoms with Crippen LogP contribution in [0, 0.1) is 5.92 Å². The molecule has 4 aromatic rings. The lowest BCUT2D eigenvalue weighted by Gasteiger charge is -2.14. The number of hydrogen-bond acceptors (Lipinski definition) is 8. The number of rotatable bonds is 7. The van der Waals surface area contributed by atoms with E-state index in [9.17, 15) is 18.0 Å². The molecule has 1 aliphatic carbocycles. The van der Waals surface area contributed by atoms with Crippen LogP contribution in [0.2, 0.25) is 0 Å². The molecule has 9 nitrogen and oxygen atoms in total. The van der Waals surface area contributed by atoms with Gasteiger partial charge in [0.25, 0.3) is 0 Å². The smallest absolute Gasteiger partial charge is 0.178 e. The zero-order chi connectivity index (χ0) is 24.6. The van der Waals surface area contributed by atoms with Gasteiger partial charge >= 0.3 is 0 Å². The maximum Gasteiger partial charge on any atom is 0.178 e. The summed E-state index contributed by atoms with van der Waals surface area (Å²) in [5.74, 6) is 0.556. The van der Waals surface area contributed by atoms with E-state index >= 15 is 0 Å². The Morgan fingerprint density at radius 3 is 2.46 bits per heavy atom. The number of aromatic amines is 1. The van der Waals surface area contributed by atoms with Crippen molar-refractivity contribution in [3.05, 3.63) is 60.6 Å². The van der Waals surface area contributed by atoms with E-state index in [0.29, 0.717) is 39.6 Å². The highest BCUT2D eigenvalue weighted by Gasteiger charge is 2.33. The molecule has 2 aromatic heterocycles. The zero-order valence-electron chi connectivity index (χ0n) is 18.9. The first-order chi connectivity index (χ1) is 16.8. The van der Waals surface area contributed by atoms with Gasteiger partial charge in [0.05, 0.1) is 33.8 Å². The van der Waals surface area contributed by atoms with Crippen LogP contribution >= 0.6 is 0 Å². The SMILES string of the molecule is CCS(=O)(=O)c1ccc(Oc2cc3nc(-c4cnccn4)[nH]c3cc2CC2C(=O)CCC2=O)cc1. The highest BCUT2D eigenvalue weighted by Crippen LogP contribution is 2.34. The van der Waals surface area contributed by atoms with Crippen molar-refractivity contribution in [3.8, 4) is 23.0 Å². The van der Waals surface area contributed by atoms with Crippen molar-refractivity contribution in [2.24, 2.45) is 5.92 Å². The fourth-order valence-electron chi connectivity index (χ4n) is 4.11. The summed E-state index contributed by atoms with van der Waals surface area (Å²) >= 11 is 0. The van der Waals surface area contributed by atoms with Gasteiger partial charge in [0.15, 0.2) is 15.7 Å². The summed E-state index contributed by atoms with van der Waals surface area (Å²) in [6.07, 6.45) is 5.47. The summed E-state index contributed by atoms with van der Waals surface area (Å²) < 4.78 is 30.4. The molecule has 0 aliphatic heterocycles. The Kier molecular flexibility index (Phi) is 5.89. The molecule has 5 rings (SSSR count). The molecule has 2 aromatic carbocycles. The Labute approximate surface area is 201 Å². The van der Waals surface area contributed by atoms with Crippen LogP contribution < -0.4 is 4.74 Å². The molecule has 2 heterocycles. The number of ether oxygens (including phenoxy) is 1. The van der Waals surface area contributed by atoms with Crippen molar-refractivity contribution >= 4 is 32.4 Å². The lowest BCUT2D eigenvalue weighted by Crippen LogP contribution is -2.17. The molecule has 0 radical (unpaired) electrons. The third kappa shape index (κ3) is 4.57. The Bertz CT molecular complexity index is 1510. The molecule has 1 N–H and O–H groups in total. The molecule has 0 amide bonds. The van der Waals surface area contributed by atoms with Crippen LogP contribution in [-0.2, 0) is 25.8 Å². The third-order valence-electron chi connectivity index (χ3n) is 6.08. The summed E-state index contributed by atoms with van der Waals surface area (Å²) in [6, 6.07) is 9.72. The van der Waals surface area contributed by atoms with Gasteiger partial charge in [-0.1, -0.05) is 6.92 Å². The number of nitrogens with one attached hydrogen (secondary N) is 1. The summed E-state index contributed by atoms with van der Waals surface area (Å²) in [5, 5.41) is 0. The molecular formula is C25H22N4O5S.